The highest BCUT2D eigenvalue weighted by Crippen LogP contribution is 2.32. The Morgan fingerprint density at radius 2 is 2.25 bits per heavy atom. The van der Waals surface area contributed by atoms with E-state index < -0.39 is 25.0 Å². The molecular formula is C15H15F4N7O2. The fourth-order valence-electron chi connectivity index (χ4n) is 2.80. The molecule has 150 valence electrons. The lowest BCUT2D eigenvalue weighted by atomic mass is 10.1. The molecule has 1 saturated heterocycles. The van der Waals surface area contributed by atoms with Crippen LogP contribution in [-0.4, -0.2) is 68.0 Å². The van der Waals surface area contributed by atoms with Crippen molar-refractivity contribution in [2.45, 2.75) is 24.8 Å². The number of fused-ring (bicyclic) bond motifs is 1. The lowest BCUT2D eigenvalue weighted by Crippen LogP contribution is -2.39. The second-order valence-electron chi connectivity index (χ2n) is 6.15. The molecule has 0 saturated carbocycles. The third kappa shape index (κ3) is 3.83. The van der Waals surface area contributed by atoms with Gasteiger partial charge in [0, 0.05) is 18.4 Å². The van der Waals surface area contributed by atoms with E-state index in [1.807, 2.05) is 0 Å². The molecule has 13 heteroatoms. The Balaban J connectivity index is 1.70. The molecular weight excluding hydrogens is 386 g/mol. The summed E-state index contributed by atoms with van der Waals surface area (Å²) in [6.45, 7) is -1.18. The SMILES string of the molecule is F[C@H]1COCC[C@@H]1Nc1nc2c(OCC(F)(F)F)c(-c3cn[nH]c3)ncn2n1. The van der Waals surface area contributed by atoms with Gasteiger partial charge in [-0.1, -0.05) is 0 Å². The van der Waals surface area contributed by atoms with Crippen LogP contribution in [-0.2, 0) is 4.74 Å². The summed E-state index contributed by atoms with van der Waals surface area (Å²) in [5.74, 6) is -0.150. The third-order valence-electron chi connectivity index (χ3n) is 4.10. The molecule has 0 unspecified atom stereocenters. The molecule has 4 heterocycles. The number of nitrogens with one attached hydrogen (secondary N) is 2. The van der Waals surface area contributed by atoms with Crippen molar-refractivity contribution in [1.29, 1.82) is 0 Å². The lowest BCUT2D eigenvalue weighted by Gasteiger charge is -2.26. The number of aromatic amines is 1. The van der Waals surface area contributed by atoms with Crippen LogP contribution in [0.25, 0.3) is 16.9 Å². The zero-order valence-corrected chi connectivity index (χ0v) is 14.3. The Kier molecular flexibility index (Phi) is 4.75. The van der Waals surface area contributed by atoms with Crippen LogP contribution in [0.3, 0.4) is 0 Å². The van der Waals surface area contributed by atoms with Gasteiger partial charge in [0.1, 0.15) is 18.2 Å². The lowest BCUT2D eigenvalue weighted by molar-refractivity contribution is -0.153. The van der Waals surface area contributed by atoms with Gasteiger partial charge in [-0.2, -0.15) is 27.8 Å². The van der Waals surface area contributed by atoms with Gasteiger partial charge >= 0.3 is 6.18 Å². The number of nitrogens with zero attached hydrogens (tertiary/aromatic N) is 5. The highest BCUT2D eigenvalue weighted by Gasteiger charge is 2.31. The molecule has 9 nitrogen and oxygen atoms in total. The summed E-state index contributed by atoms with van der Waals surface area (Å²) in [4.78, 5) is 8.29. The molecule has 28 heavy (non-hydrogen) atoms. The molecule has 0 bridgehead atoms. The molecule has 3 aromatic heterocycles. The number of halogens is 4. The molecule has 0 amide bonds. The smallest absolute Gasteiger partial charge is 0.422 e. The number of ether oxygens (including phenoxy) is 2. The van der Waals surface area contributed by atoms with Crippen LogP contribution >= 0.6 is 0 Å². The zero-order chi connectivity index (χ0) is 19.7. The van der Waals surface area contributed by atoms with Gasteiger partial charge in [-0.15, -0.1) is 5.10 Å². The summed E-state index contributed by atoms with van der Waals surface area (Å²) in [5, 5.41) is 13.3. The number of H-pyrrole nitrogens is 1. The first-order chi connectivity index (χ1) is 13.4. The first-order valence-electron chi connectivity index (χ1n) is 8.33. The van der Waals surface area contributed by atoms with E-state index in [0.717, 1.165) is 0 Å². The van der Waals surface area contributed by atoms with Gasteiger partial charge in [0.25, 0.3) is 0 Å². The third-order valence-corrected chi connectivity index (χ3v) is 4.10. The molecule has 2 N–H and O–H groups in total. The van der Waals surface area contributed by atoms with Crippen LogP contribution in [0.1, 0.15) is 6.42 Å². The van der Waals surface area contributed by atoms with Crippen molar-refractivity contribution in [3.63, 3.8) is 0 Å². The summed E-state index contributed by atoms with van der Waals surface area (Å²) in [5.41, 5.74) is 0.560. The number of rotatable bonds is 5. The van der Waals surface area contributed by atoms with E-state index in [-0.39, 0.29) is 29.6 Å². The van der Waals surface area contributed by atoms with Crippen LogP contribution in [0.15, 0.2) is 18.7 Å². The fraction of sp³-hybridized carbons (Fsp3) is 0.467. The van der Waals surface area contributed by atoms with Crippen molar-refractivity contribution in [1.82, 2.24) is 29.8 Å². The molecule has 1 aliphatic heterocycles. The molecule has 0 aliphatic carbocycles. The normalized spacial score (nSPS) is 20.4. The van der Waals surface area contributed by atoms with Crippen molar-refractivity contribution in [2.24, 2.45) is 0 Å². The number of hydrogen-bond acceptors (Lipinski definition) is 7. The van der Waals surface area contributed by atoms with Crippen molar-refractivity contribution in [3.05, 3.63) is 18.7 Å². The Labute approximate surface area is 155 Å². The zero-order valence-electron chi connectivity index (χ0n) is 14.3. The number of alkyl halides is 4. The van der Waals surface area contributed by atoms with E-state index in [0.29, 0.717) is 18.6 Å². The van der Waals surface area contributed by atoms with Crippen LogP contribution in [0.4, 0.5) is 23.5 Å². The molecule has 1 aliphatic rings. The quantitative estimate of drug-likeness (QED) is 0.631. The van der Waals surface area contributed by atoms with Gasteiger partial charge in [0.05, 0.1) is 18.8 Å². The van der Waals surface area contributed by atoms with Crippen molar-refractivity contribution >= 4 is 11.6 Å². The molecule has 0 spiro atoms. The average Bonchev–Trinajstić information content (AvgIpc) is 3.30. The van der Waals surface area contributed by atoms with Gasteiger partial charge in [-0.25, -0.2) is 9.37 Å². The molecule has 4 rings (SSSR count). The number of aromatic nitrogens is 6. The Morgan fingerprint density at radius 3 is 2.96 bits per heavy atom. The highest BCUT2D eigenvalue weighted by molar-refractivity contribution is 5.73. The number of anilines is 1. The van der Waals surface area contributed by atoms with E-state index in [9.17, 15) is 17.6 Å². The Morgan fingerprint density at radius 1 is 1.39 bits per heavy atom. The highest BCUT2D eigenvalue weighted by atomic mass is 19.4. The maximum Gasteiger partial charge on any atom is 0.422 e. The molecule has 1 fully saturated rings. The summed E-state index contributed by atoms with van der Waals surface area (Å²) in [6.07, 6.45) is -1.25. The van der Waals surface area contributed by atoms with Crippen LogP contribution in [0.5, 0.6) is 5.75 Å². The predicted molar refractivity (Wildman–Crippen MR) is 87.7 cm³/mol. The van der Waals surface area contributed by atoms with Gasteiger partial charge in [-0.05, 0) is 6.42 Å². The summed E-state index contributed by atoms with van der Waals surface area (Å²) < 4.78 is 63.3. The van der Waals surface area contributed by atoms with Crippen LogP contribution in [0, 0.1) is 0 Å². The molecule has 3 aromatic rings. The van der Waals surface area contributed by atoms with E-state index in [1.165, 1.54) is 23.2 Å². The van der Waals surface area contributed by atoms with E-state index >= 15 is 0 Å². The van der Waals surface area contributed by atoms with E-state index in [2.05, 4.69) is 30.6 Å². The standard InChI is InChI=1S/C15H15F4N7O2/c16-9-5-27-2-1-10(9)23-14-24-13-12(28-6-15(17,18)19)11(8-3-21-22-4-8)20-7-26(13)25-14/h3-4,7,9-10H,1-2,5-6H2,(H,21,22)(H,23,25)/t9-,10-/m0/s1. The monoisotopic (exact) mass is 401 g/mol. The van der Waals surface area contributed by atoms with Gasteiger partial charge in [0.15, 0.2) is 12.4 Å². The summed E-state index contributed by atoms with van der Waals surface area (Å²) in [6, 6.07) is -0.563. The minimum Gasteiger partial charge on any atom is -0.478 e. The minimum absolute atomic E-state index is 0.0143. The second-order valence-corrected chi connectivity index (χ2v) is 6.15. The summed E-state index contributed by atoms with van der Waals surface area (Å²) >= 11 is 0. The first kappa shape index (κ1) is 18.4. The second kappa shape index (κ2) is 7.22. The molecule has 0 aromatic carbocycles. The van der Waals surface area contributed by atoms with Gasteiger partial charge in [0.2, 0.25) is 11.6 Å². The first-order valence-corrected chi connectivity index (χ1v) is 8.33. The van der Waals surface area contributed by atoms with E-state index in [4.69, 9.17) is 9.47 Å². The molecule has 0 radical (unpaired) electrons. The van der Waals surface area contributed by atoms with Crippen molar-refractivity contribution < 1.29 is 27.0 Å². The minimum atomic E-state index is -4.55. The summed E-state index contributed by atoms with van der Waals surface area (Å²) in [7, 11) is 0. The Hall–Kier alpha value is -2.96. The maximum atomic E-state index is 13.9. The predicted octanol–water partition coefficient (Wildman–Crippen LogP) is 1.99. The molecule has 2 atom stereocenters. The number of hydrogen-bond donors (Lipinski definition) is 2. The Bertz CT molecular complexity index is 944. The topological polar surface area (TPSA) is 102 Å². The van der Waals surface area contributed by atoms with Crippen molar-refractivity contribution in [3.8, 4) is 17.0 Å². The van der Waals surface area contributed by atoms with E-state index in [1.54, 1.807) is 0 Å². The largest absolute Gasteiger partial charge is 0.478 e. The maximum absolute atomic E-state index is 13.9. The average molecular weight is 401 g/mol. The van der Waals surface area contributed by atoms with Crippen molar-refractivity contribution in [2.75, 3.05) is 25.1 Å². The van der Waals surface area contributed by atoms with Gasteiger partial charge in [-0.3, -0.25) is 5.10 Å². The van der Waals surface area contributed by atoms with Crippen LogP contribution < -0.4 is 10.1 Å². The fourth-order valence-corrected chi connectivity index (χ4v) is 2.80. The van der Waals surface area contributed by atoms with Crippen LogP contribution in [0.2, 0.25) is 0 Å². The van der Waals surface area contributed by atoms with Gasteiger partial charge < -0.3 is 14.8 Å².